The third-order valence-electron chi connectivity index (χ3n) is 3.19. The van der Waals surface area contributed by atoms with Crippen LogP contribution in [0.3, 0.4) is 0 Å². The highest BCUT2D eigenvalue weighted by molar-refractivity contribution is 5.22. The van der Waals surface area contributed by atoms with Gasteiger partial charge in [-0.2, -0.15) is 0 Å². The molecule has 0 heterocycles. The van der Waals surface area contributed by atoms with E-state index in [0.29, 0.717) is 11.5 Å². The molecule has 0 aromatic heterocycles. The maximum absolute atomic E-state index is 13.6. The van der Waals surface area contributed by atoms with Gasteiger partial charge in [-0.25, -0.2) is 8.78 Å². The van der Waals surface area contributed by atoms with Gasteiger partial charge in [-0.1, -0.05) is 26.8 Å². The summed E-state index contributed by atoms with van der Waals surface area (Å²) >= 11 is 0. The minimum Gasteiger partial charge on any atom is -0.313 e. The molecule has 16 heavy (non-hydrogen) atoms. The van der Waals surface area contributed by atoms with Gasteiger partial charge in [-0.15, -0.1) is 0 Å². The minimum absolute atomic E-state index is 0.0828. The van der Waals surface area contributed by atoms with E-state index in [1.165, 1.54) is 12.1 Å². The van der Waals surface area contributed by atoms with Crippen LogP contribution in [0, 0.1) is 23.5 Å². The molecule has 1 nitrogen and oxygen atoms in total. The molecule has 0 amide bonds. The number of rotatable bonds is 4. The van der Waals surface area contributed by atoms with E-state index in [9.17, 15) is 8.78 Å². The van der Waals surface area contributed by atoms with Crippen molar-refractivity contribution in [1.82, 2.24) is 5.32 Å². The first-order valence-electron chi connectivity index (χ1n) is 5.59. The fourth-order valence-electron chi connectivity index (χ4n) is 1.84. The van der Waals surface area contributed by atoms with Gasteiger partial charge in [-0.3, -0.25) is 0 Å². The molecule has 0 radical (unpaired) electrons. The van der Waals surface area contributed by atoms with Crippen molar-refractivity contribution in [2.24, 2.45) is 11.8 Å². The molecule has 0 aliphatic heterocycles. The van der Waals surface area contributed by atoms with E-state index in [-0.39, 0.29) is 12.0 Å². The predicted molar refractivity (Wildman–Crippen MR) is 62.2 cm³/mol. The third-order valence-corrected chi connectivity index (χ3v) is 3.19. The summed E-state index contributed by atoms with van der Waals surface area (Å²) in [4.78, 5) is 0. The summed E-state index contributed by atoms with van der Waals surface area (Å²) in [5, 5.41) is 3.10. The Bertz CT molecular complexity index is 350. The summed E-state index contributed by atoms with van der Waals surface area (Å²) in [5.41, 5.74) is 0.532. The first kappa shape index (κ1) is 13.1. The van der Waals surface area contributed by atoms with Crippen molar-refractivity contribution in [3.63, 3.8) is 0 Å². The Morgan fingerprint density at radius 1 is 1.12 bits per heavy atom. The Morgan fingerprint density at radius 2 is 1.75 bits per heavy atom. The second kappa shape index (κ2) is 5.39. The summed E-state index contributed by atoms with van der Waals surface area (Å²) in [7, 11) is 1.80. The lowest BCUT2D eigenvalue weighted by Crippen LogP contribution is -2.27. The molecule has 1 rings (SSSR count). The molecule has 0 aliphatic carbocycles. The van der Waals surface area contributed by atoms with Crippen LogP contribution < -0.4 is 5.32 Å². The van der Waals surface area contributed by atoms with Crippen molar-refractivity contribution in [2.75, 3.05) is 7.05 Å². The Balaban J connectivity index is 3.04. The van der Waals surface area contributed by atoms with Crippen LogP contribution in [0.1, 0.15) is 32.4 Å². The molecular weight excluding hydrogens is 208 g/mol. The molecule has 0 aliphatic rings. The van der Waals surface area contributed by atoms with Crippen molar-refractivity contribution >= 4 is 0 Å². The highest BCUT2D eigenvalue weighted by Gasteiger charge is 2.23. The number of hydrogen-bond acceptors (Lipinski definition) is 1. The minimum atomic E-state index is -0.534. The lowest BCUT2D eigenvalue weighted by Gasteiger charge is -2.27. The smallest absolute Gasteiger partial charge is 0.130 e. The largest absolute Gasteiger partial charge is 0.313 e. The molecule has 0 bridgehead atoms. The molecule has 2 unspecified atom stereocenters. The second-order valence-electron chi connectivity index (χ2n) is 4.54. The van der Waals surface area contributed by atoms with Crippen molar-refractivity contribution in [3.05, 3.63) is 35.4 Å². The highest BCUT2D eigenvalue weighted by Crippen LogP contribution is 2.29. The number of benzene rings is 1. The molecule has 3 heteroatoms. The molecule has 0 spiro atoms. The Morgan fingerprint density at radius 3 is 2.19 bits per heavy atom. The zero-order valence-corrected chi connectivity index (χ0v) is 10.2. The average molecular weight is 227 g/mol. The average Bonchev–Trinajstić information content (AvgIpc) is 2.21. The lowest BCUT2D eigenvalue weighted by molar-refractivity contribution is 0.310. The normalized spacial score (nSPS) is 15.2. The van der Waals surface area contributed by atoms with Crippen molar-refractivity contribution in [3.8, 4) is 0 Å². The van der Waals surface area contributed by atoms with E-state index < -0.39 is 11.6 Å². The molecule has 1 N–H and O–H groups in total. The first-order valence-corrected chi connectivity index (χ1v) is 5.59. The van der Waals surface area contributed by atoms with Gasteiger partial charge in [0.05, 0.1) is 0 Å². The highest BCUT2D eigenvalue weighted by atomic mass is 19.1. The number of hydrogen-bond donors (Lipinski definition) is 1. The van der Waals surface area contributed by atoms with Gasteiger partial charge >= 0.3 is 0 Å². The number of nitrogens with one attached hydrogen (secondary N) is 1. The number of halogens is 2. The lowest BCUT2D eigenvalue weighted by atomic mass is 9.86. The third kappa shape index (κ3) is 2.79. The van der Waals surface area contributed by atoms with Gasteiger partial charge in [0.15, 0.2) is 0 Å². The van der Waals surface area contributed by atoms with E-state index in [0.717, 1.165) is 6.07 Å². The van der Waals surface area contributed by atoms with Gasteiger partial charge in [0.2, 0.25) is 0 Å². The zero-order chi connectivity index (χ0) is 12.3. The summed E-state index contributed by atoms with van der Waals surface area (Å²) in [5.74, 6) is -0.299. The zero-order valence-electron chi connectivity index (χ0n) is 10.2. The molecular formula is C13H19F2N. The van der Waals surface area contributed by atoms with E-state index in [4.69, 9.17) is 0 Å². The summed E-state index contributed by atoms with van der Waals surface area (Å²) < 4.78 is 26.4. The molecule has 0 saturated heterocycles. The van der Waals surface area contributed by atoms with Crippen LogP contribution in [-0.4, -0.2) is 7.05 Å². The monoisotopic (exact) mass is 227 g/mol. The fourth-order valence-corrected chi connectivity index (χ4v) is 1.84. The van der Waals surface area contributed by atoms with Crippen LogP contribution in [0.15, 0.2) is 18.2 Å². The van der Waals surface area contributed by atoms with Gasteiger partial charge in [-0.05, 0) is 24.9 Å². The summed E-state index contributed by atoms with van der Waals surface area (Å²) in [6.07, 6.45) is 0. The Labute approximate surface area is 95.9 Å². The van der Waals surface area contributed by atoms with E-state index in [1.54, 1.807) is 7.05 Å². The van der Waals surface area contributed by atoms with Gasteiger partial charge in [0, 0.05) is 17.7 Å². The van der Waals surface area contributed by atoms with Gasteiger partial charge in [0.25, 0.3) is 0 Å². The first-order chi connectivity index (χ1) is 7.47. The fraction of sp³-hybridized carbons (Fsp3) is 0.538. The van der Waals surface area contributed by atoms with Gasteiger partial charge in [0.1, 0.15) is 11.6 Å². The molecule has 1 aromatic rings. The molecule has 90 valence electrons. The molecule has 0 fully saturated rings. The van der Waals surface area contributed by atoms with Crippen LogP contribution in [0.25, 0.3) is 0 Å². The van der Waals surface area contributed by atoms with Crippen LogP contribution in [0.4, 0.5) is 8.78 Å². The topological polar surface area (TPSA) is 12.0 Å². The standard InChI is InChI=1S/C13H19F2N/c1-8(2)9(3)13(16-4)11-6-5-10(14)7-12(11)15/h5-9,13,16H,1-4H3. The van der Waals surface area contributed by atoms with Crippen LogP contribution in [0.5, 0.6) is 0 Å². The Hall–Kier alpha value is -0.960. The maximum Gasteiger partial charge on any atom is 0.130 e. The summed E-state index contributed by atoms with van der Waals surface area (Å²) in [6, 6.07) is 3.67. The van der Waals surface area contributed by atoms with E-state index in [2.05, 4.69) is 26.1 Å². The van der Waals surface area contributed by atoms with Crippen LogP contribution >= 0.6 is 0 Å². The van der Waals surface area contributed by atoms with Crippen LogP contribution in [0.2, 0.25) is 0 Å². The Kier molecular flexibility index (Phi) is 4.42. The van der Waals surface area contributed by atoms with E-state index in [1.807, 2.05) is 0 Å². The maximum atomic E-state index is 13.6. The second-order valence-corrected chi connectivity index (χ2v) is 4.54. The summed E-state index contributed by atoms with van der Waals surface area (Å²) in [6.45, 7) is 6.25. The predicted octanol–water partition coefficient (Wildman–Crippen LogP) is 3.52. The van der Waals surface area contributed by atoms with Crippen molar-refractivity contribution in [2.45, 2.75) is 26.8 Å². The molecule has 1 aromatic carbocycles. The van der Waals surface area contributed by atoms with Gasteiger partial charge < -0.3 is 5.32 Å². The van der Waals surface area contributed by atoms with E-state index >= 15 is 0 Å². The van der Waals surface area contributed by atoms with Crippen molar-refractivity contribution < 1.29 is 8.78 Å². The van der Waals surface area contributed by atoms with Crippen LogP contribution in [-0.2, 0) is 0 Å². The molecule has 0 saturated carbocycles. The quantitative estimate of drug-likeness (QED) is 0.830. The molecule has 2 atom stereocenters. The van der Waals surface area contributed by atoms with Crippen molar-refractivity contribution in [1.29, 1.82) is 0 Å². The SMILES string of the molecule is CNC(c1ccc(F)cc1F)C(C)C(C)C.